The van der Waals surface area contributed by atoms with E-state index in [1.165, 1.54) is 31.4 Å². The highest BCUT2D eigenvalue weighted by Crippen LogP contribution is 2.49. The monoisotopic (exact) mass is 448 g/mol. The van der Waals surface area contributed by atoms with Crippen molar-refractivity contribution in [2.45, 2.75) is 19.3 Å². The molecule has 0 N–H and O–H groups in total. The van der Waals surface area contributed by atoms with Crippen LogP contribution < -0.4 is 10.4 Å². The maximum absolute atomic E-state index is 4.19. The maximum Gasteiger partial charge on any atom is 0.0159 e. The van der Waals surface area contributed by atoms with Gasteiger partial charge in [0.1, 0.15) is 0 Å². The molecule has 1 aliphatic carbocycles. The Hall–Kier alpha value is -2.13. The minimum absolute atomic E-state index is 0.00186. The van der Waals surface area contributed by atoms with E-state index in [0.717, 1.165) is 16.0 Å². The second-order valence-corrected chi connectivity index (χ2v) is 8.60. The highest BCUT2D eigenvalue weighted by atomic mass is 127. The van der Waals surface area contributed by atoms with E-state index in [4.69, 9.17) is 0 Å². The minimum atomic E-state index is -0.00186. The number of hydrogen-bond donors (Lipinski definition) is 0. The number of hydrogen-bond acceptors (Lipinski definition) is 0. The average molecular weight is 448 g/mol. The predicted octanol–water partition coefficient (Wildman–Crippen LogP) is 5.39. The van der Waals surface area contributed by atoms with Gasteiger partial charge < -0.3 is 0 Å². The molecular weight excluding hydrogens is 427 g/mol. The van der Waals surface area contributed by atoms with E-state index in [1.54, 1.807) is 0 Å². The smallest absolute Gasteiger partial charge is 0.0159 e. The van der Waals surface area contributed by atoms with Crippen molar-refractivity contribution in [2.75, 3.05) is 0 Å². The summed E-state index contributed by atoms with van der Waals surface area (Å²) in [5.74, 6) is 0. The lowest BCUT2D eigenvalue weighted by molar-refractivity contribution is 0.659. The van der Waals surface area contributed by atoms with Gasteiger partial charge in [-0.2, -0.15) is 0 Å². The molecule has 3 aromatic rings. The predicted molar refractivity (Wildman–Crippen MR) is 121 cm³/mol. The van der Waals surface area contributed by atoms with Gasteiger partial charge in [0, 0.05) is 8.99 Å². The Bertz CT molecular complexity index is 1150. The molecule has 1 aliphatic rings. The molecule has 4 rings (SSSR count). The average Bonchev–Trinajstić information content (AvgIpc) is 2.84. The molecule has 0 aromatic heterocycles. The second-order valence-electron chi connectivity index (χ2n) is 7.35. The summed E-state index contributed by atoms with van der Waals surface area (Å²) in [6, 6.07) is 21.8. The number of benzene rings is 3. The van der Waals surface area contributed by atoms with Crippen LogP contribution in [-0.4, -0.2) is 0 Å². The third-order valence-corrected chi connectivity index (χ3v) is 6.13. The van der Waals surface area contributed by atoms with E-state index in [-0.39, 0.29) is 5.41 Å². The molecule has 3 aromatic carbocycles. The largest absolute Gasteiger partial charge is 0.0984 e. The van der Waals surface area contributed by atoms with Crippen LogP contribution in [0.2, 0.25) is 0 Å². The van der Waals surface area contributed by atoms with Crippen LogP contribution in [0.15, 0.2) is 73.3 Å². The normalized spacial score (nSPS) is 15.2. The van der Waals surface area contributed by atoms with Crippen LogP contribution in [0.1, 0.15) is 30.5 Å². The van der Waals surface area contributed by atoms with Gasteiger partial charge in [0.15, 0.2) is 0 Å². The van der Waals surface area contributed by atoms with Crippen LogP contribution in [-0.2, 0) is 5.41 Å². The van der Waals surface area contributed by atoms with Gasteiger partial charge in [0.05, 0.1) is 0 Å². The standard InChI is InChI=1S/C25H21I/c1-5-19(20-9-7-6-8-16(20)2)17-10-12-21-22-13-11-18(26)15-24(22)25(3,4)23(21)14-17/h5-15H,1-2H2,3-4H3/b20-19+. The van der Waals surface area contributed by atoms with E-state index in [9.17, 15) is 0 Å². The first-order valence-electron chi connectivity index (χ1n) is 8.79. The lowest BCUT2D eigenvalue weighted by Gasteiger charge is -2.22. The van der Waals surface area contributed by atoms with E-state index < -0.39 is 0 Å². The molecule has 0 fully saturated rings. The third kappa shape index (κ3) is 2.57. The second kappa shape index (κ2) is 6.24. The van der Waals surface area contributed by atoms with Crippen LogP contribution in [0.5, 0.6) is 0 Å². The summed E-state index contributed by atoms with van der Waals surface area (Å²) < 4.78 is 1.28. The Balaban J connectivity index is 1.99. The summed E-state index contributed by atoms with van der Waals surface area (Å²) in [7, 11) is 0. The molecule has 0 heterocycles. The topological polar surface area (TPSA) is 0 Å². The number of allylic oxidation sites excluding steroid dienone is 1. The molecule has 1 heteroatoms. The Morgan fingerprint density at radius 3 is 2.27 bits per heavy atom. The van der Waals surface area contributed by atoms with Crippen LogP contribution in [0, 0.1) is 3.57 Å². The SMILES string of the molecule is C=C/C(c1ccc2c(c1)C(C)(C)c1cc(I)ccc1-2)=c1/ccccc1=C. The van der Waals surface area contributed by atoms with E-state index >= 15 is 0 Å². The van der Waals surface area contributed by atoms with Crippen LogP contribution >= 0.6 is 22.6 Å². The van der Waals surface area contributed by atoms with Gasteiger partial charge >= 0.3 is 0 Å². The number of halogens is 1. The fourth-order valence-electron chi connectivity index (χ4n) is 4.04. The van der Waals surface area contributed by atoms with Crippen molar-refractivity contribution in [1.82, 2.24) is 0 Å². The molecule has 26 heavy (non-hydrogen) atoms. The first-order valence-corrected chi connectivity index (χ1v) is 9.87. The van der Waals surface area contributed by atoms with Gasteiger partial charge in [-0.25, -0.2) is 0 Å². The molecule has 0 saturated heterocycles. The van der Waals surface area contributed by atoms with Crippen molar-refractivity contribution in [2.24, 2.45) is 0 Å². The maximum atomic E-state index is 4.19. The summed E-state index contributed by atoms with van der Waals surface area (Å²) in [5, 5.41) is 2.17. The van der Waals surface area contributed by atoms with Gasteiger partial charge in [-0.3, -0.25) is 0 Å². The van der Waals surface area contributed by atoms with Crippen molar-refractivity contribution in [3.05, 3.63) is 104 Å². The van der Waals surface area contributed by atoms with E-state index in [1.807, 2.05) is 18.2 Å². The summed E-state index contributed by atoms with van der Waals surface area (Å²) in [5.41, 5.74) is 7.83. The molecule has 0 amide bonds. The lowest BCUT2D eigenvalue weighted by Crippen LogP contribution is -2.25. The van der Waals surface area contributed by atoms with Gasteiger partial charge in [-0.15, -0.1) is 0 Å². The molecule has 0 spiro atoms. The van der Waals surface area contributed by atoms with Gasteiger partial charge in [-0.1, -0.05) is 75.5 Å². The zero-order valence-corrected chi connectivity index (χ0v) is 17.3. The van der Waals surface area contributed by atoms with Crippen molar-refractivity contribution in [3.63, 3.8) is 0 Å². The molecule has 0 aliphatic heterocycles. The lowest BCUT2D eigenvalue weighted by atomic mass is 9.81. The Morgan fingerprint density at radius 2 is 1.58 bits per heavy atom. The Labute approximate surface area is 168 Å². The number of rotatable bonds is 2. The van der Waals surface area contributed by atoms with Crippen molar-refractivity contribution in [1.29, 1.82) is 0 Å². The fourth-order valence-corrected chi connectivity index (χ4v) is 4.53. The van der Waals surface area contributed by atoms with Crippen LogP contribution in [0.3, 0.4) is 0 Å². The molecular formula is C25H21I. The highest BCUT2D eigenvalue weighted by molar-refractivity contribution is 14.1. The van der Waals surface area contributed by atoms with E-state index in [0.29, 0.717) is 0 Å². The first kappa shape index (κ1) is 17.3. The molecule has 0 unspecified atom stereocenters. The zero-order chi connectivity index (χ0) is 18.5. The van der Waals surface area contributed by atoms with Crippen molar-refractivity contribution < 1.29 is 0 Å². The fraction of sp³-hybridized carbons (Fsp3) is 0.120. The first-order chi connectivity index (χ1) is 12.4. The Kier molecular flexibility index (Phi) is 4.15. The van der Waals surface area contributed by atoms with Crippen LogP contribution in [0.25, 0.3) is 23.3 Å². The molecule has 0 saturated carbocycles. The highest BCUT2D eigenvalue weighted by Gasteiger charge is 2.35. The Morgan fingerprint density at radius 1 is 0.923 bits per heavy atom. The van der Waals surface area contributed by atoms with Gasteiger partial charge in [0.2, 0.25) is 0 Å². The molecule has 0 radical (unpaired) electrons. The summed E-state index contributed by atoms with van der Waals surface area (Å²) in [6.45, 7) is 12.9. The van der Waals surface area contributed by atoms with Crippen LogP contribution in [0.4, 0.5) is 0 Å². The quantitative estimate of drug-likeness (QED) is 0.461. The van der Waals surface area contributed by atoms with Gasteiger partial charge in [-0.05, 0) is 84.6 Å². The van der Waals surface area contributed by atoms with Gasteiger partial charge in [0.25, 0.3) is 0 Å². The molecule has 0 atom stereocenters. The molecule has 0 bridgehead atoms. The van der Waals surface area contributed by atoms with Crippen molar-refractivity contribution >= 4 is 34.7 Å². The zero-order valence-electron chi connectivity index (χ0n) is 15.1. The van der Waals surface area contributed by atoms with E-state index in [2.05, 4.69) is 98.1 Å². The third-order valence-electron chi connectivity index (χ3n) is 5.46. The van der Waals surface area contributed by atoms with Crippen molar-refractivity contribution in [3.8, 4) is 11.1 Å². The summed E-state index contributed by atoms with van der Waals surface area (Å²) in [6.07, 6.45) is 1.95. The summed E-state index contributed by atoms with van der Waals surface area (Å²) >= 11 is 2.40. The minimum Gasteiger partial charge on any atom is -0.0984 e. The summed E-state index contributed by atoms with van der Waals surface area (Å²) in [4.78, 5) is 0. The molecule has 128 valence electrons. The molecule has 0 nitrogen and oxygen atoms in total. The number of fused-ring (bicyclic) bond motifs is 3.